The number of piperazine rings is 1. The maximum atomic E-state index is 11.9. The van der Waals surface area contributed by atoms with Crippen molar-refractivity contribution in [3.05, 3.63) is 28.2 Å². The topological polar surface area (TPSA) is 46.1 Å². The molecule has 0 radical (unpaired) electrons. The molecular weight excluding hydrogens is 275 g/mol. The number of halogens is 2. The van der Waals surface area contributed by atoms with Crippen LogP contribution >= 0.6 is 23.2 Å². The minimum atomic E-state index is -0.00545. The van der Waals surface area contributed by atoms with Crippen LogP contribution in [0, 0.1) is 0 Å². The number of ether oxygens (including phenoxy) is 1. The molecule has 2 rings (SSSR count). The van der Waals surface area contributed by atoms with Gasteiger partial charge in [0.05, 0.1) is 31.2 Å². The number of amides is 1. The van der Waals surface area contributed by atoms with E-state index in [-0.39, 0.29) is 12.5 Å². The van der Waals surface area contributed by atoms with E-state index in [2.05, 4.69) is 5.32 Å². The van der Waals surface area contributed by atoms with Gasteiger partial charge in [-0.25, -0.2) is 0 Å². The number of carbonyl (C=O) groups is 1. The van der Waals surface area contributed by atoms with Gasteiger partial charge in [0.2, 0.25) is 0 Å². The Labute approximate surface area is 116 Å². The van der Waals surface area contributed by atoms with Crippen molar-refractivity contribution in [2.24, 2.45) is 0 Å². The first kappa shape index (κ1) is 13.5. The summed E-state index contributed by atoms with van der Waals surface area (Å²) < 4.78 is 5.41. The number of rotatable bonds is 3. The monoisotopic (exact) mass is 289 g/mol. The van der Waals surface area contributed by atoms with Crippen LogP contribution in [-0.4, -0.2) is 43.6 Å². The Morgan fingerprint density at radius 3 is 2.72 bits per heavy atom. The van der Waals surface area contributed by atoms with E-state index in [1.807, 2.05) is 4.90 Å². The average molecular weight is 290 g/mol. The summed E-state index contributed by atoms with van der Waals surface area (Å²) >= 11 is 11.7. The van der Waals surface area contributed by atoms with Crippen LogP contribution < -0.4 is 10.1 Å². The largest absolute Gasteiger partial charge is 0.482 e. The minimum absolute atomic E-state index is 0.00545. The van der Waals surface area contributed by atoms with Gasteiger partial charge >= 0.3 is 0 Å². The molecule has 1 aliphatic rings. The van der Waals surface area contributed by atoms with Gasteiger partial charge in [0, 0.05) is 5.02 Å². The van der Waals surface area contributed by atoms with Crippen LogP contribution in [0.4, 0.5) is 0 Å². The highest BCUT2D eigenvalue weighted by Crippen LogP contribution is 2.27. The lowest BCUT2D eigenvalue weighted by Gasteiger charge is -2.25. The SMILES string of the molecule is O=C(COc1ccc(Cl)cc1Cl)N1CC[NH2+]CC1. The first-order valence-corrected chi connectivity index (χ1v) is 6.59. The lowest BCUT2D eigenvalue weighted by molar-refractivity contribution is -0.662. The molecule has 1 aromatic carbocycles. The third-order valence-electron chi connectivity index (χ3n) is 2.80. The maximum Gasteiger partial charge on any atom is 0.260 e. The van der Waals surface area contributed by atoms with E-state index < -0.39 is 0 Å². The summed E-state index contributed by atoms with van der Waals surface area (Å²) in [6, 6.07) is 4.95. The zero-order valence-corrected chi connectivity index (χ0v) is 11.4. The van der Waals surface area contributed by atoms with E-state index in [0.29, 0.717) is 15.8 Å². The second-order valence-corrected chi connectivity index (χ2v) is 4.95. The van der Waals surface area contributed by atoms with Gasteiger partial charge in [0.25, 0.3) is 5.91 Å². The fourth-order valence-electron chi connectivity index (χ4n) is 1.82. The normalized spacial score (nSPS) is 15.6. The van der Waals surface area contributed by atoms with Gasteiger partial charge in [0.15, 0.2) is 6.61 Å². The van der Waals surface area contributed by atoms with Crippen molar-refractivity contribution in [1.29, 1.82) is 0 Å². The molecule has 1 aromatic rings. The molecule has 0 saturated carbocycles. The number of quaternary nitrogens is 1. The summed E-state index contributed by atoms with van der Waals surface area (Å²) in [7, 11) is 0. The molecule has 0 aromatic heterocycles. The number of nitrogens with two attached hydrogens (primary N) is 1. The van der Waals surface area contributed by atoms with Gasteiger partial charge in [-0.2, -0.15) is 0 Å². The van der Waals surface area contributed by atoms with Crippen molar-refractivity contribution in [3.63, 3.8) is 0 Å². The molecule has 1 amide bonds. The van der Waals surface area contributed by atoms with Crippen LogP contribution in [-0.2, 0) is 4.79 Å². The summed E-state index contributed by atoms with van der Waals surface area (Å²) in [6.45, 7) is 3.47. The molecule has 4 nitrogen and oxygen atoms in total. The molecule has 0 spiro atoms. The van der Waals surface area contributed by atoms with Gasteiger partial charge in [0.1, 0.15) is 5.75 Å². The van der Waals surface area contributed by atoms with Crippen LogP contribution in [0.15, 0.2) is 18.2 Å². The summed E-state index contributed by atoms with van der Waals surface area (Å²) in [5.74, 6) is 0.479. The number of hydrogen-bond acceptors (Lipinski definition) is 2. The molecule has 6 heteroatoms. The quantitative estimate of drug-likeness (QED) is 0.894. The van der Waals surface area contributed by atoms with Crippen molar-refractivity contribution in [2.75, 3.05) is 32.8 Å². The fraction of sp³-hybridized carbons (Fsp3) is 0.417. The van der Waals surface area contributed by atoms with Crippen LogP contribution in [0.25, 0.3) is 0 Å². The van der Waals surface area contributed by atoms with E-state index in [1.54, 1.807) is 18.2 Å². The summed E-state index contributed by atoms with van der Waals surface area (Å²) in [5, 5.41) is 3.16. The second kappa shape index (κ2) is 6.27. The first-order chi connectivity index (χ1) is 8.66. The zero-order chi connectivity index (χ0) is 13.0. The van der Waals surface area contributed by atoms with E-state index in [9.17, 15) is 4.79 Å². The Hall–Kier alpha value is -0.970. The van der Waals surface area contributed by atoms with Crippen LogP contribution in [0.3, 0.4) is 0 Å². The number of carbonyl (C=O) groups excluding carboxylic acids is 1. The molecule has 0 unspecified atom stereocenters. The summed E-state index contributed by atoms with van der Waals surface area (Å²) in [5.41, 5.74) is 0. The molecule has 0 aliphatic carbocycles. The molecule has 1 saturated heterocycles. The van der Waals surface area contributed by atoms with Crippen LogP contribution in [0.2, 0.25) is 10.0 Å². The molecule has 0 atom stereocenters. The molecule has 98 valence electrons. The molecule has 18 heavy (non-hydrogen) atoms. The standard InChI is InChI=1S/C12H14Cl2N2O2/c13-9-1-2-11(10(14)7-9)18-8-12(17)16-5-3-15-4-6-16/h1-2,7,15H,3-6,8H2/p+1. The predicted molar refractivity (Wildman–Crippen MR) is 70.2 cm³/mol. The van der Waals surface area contributed by atoms with Crippen molar-refractivity contribution < 1.29 is 14.8 Å². The zero-order valence-electron chi connectivity index (χ0n) is 9.86. The highest BCUT2D eigenvalue weighted by atomic mass is 35.5. The van der Waals surface area contributed by atoms with Crippen LogP contribution in [0.5, 0.6) is 5.75 Å². The molecule has 1 heterocycles. The molecular formula is C12H15Cl2N2O2+. The van der Waals surface area contributed by atoms with Gasteiger partial charge in [-0.15, -0.1) is 0 Å². The molecule has 1 aliphatic heterocycles. The summed E-state index contributed by atoms with van der Waals surface area (Å²) in [6.07, 6.45) is 0. The van der Waals surface area contributed by atoms with Crippen LogP contribution in [0.1, 0.15) is 0 Å². The Morgan fingerprint density at radius 1 is 1.33 bits per heavy atom. The van der Waals surface area contributed by atoms with Crippen molar-refractivity contribution in [3.8, 4) is 5.75 Å². The minimum Gasteiger partial charge on any atom is -0.482 e. The third-order valence-corrected chi connectivity index (χ3v) is 3.33. The highest BCUT2D eigenvalue weighted by Gasteiger charge is 2.18. The number of benzene rings is 1. The third kappa shape index (κ3) is 3.51. The molecule has 1 fully saturated rings. The predicted octanol–water partition coefficient (Wildman–Crippen LogP) is 0.778. The smallest absolute Gasteiger partial charge is 0.260 e. The average Bonchev–Trinajstić information content (AvgIpc) is 2.38. The van der Waals surface area contributed by atoms with Gasteiger partial charge in [-0.3, -0.25) is 4.79 Å². The van der Waals surface area contributed by atoms with E-state index in [0.717, 1.165) is 26.2 Å². The second-order valence-electron chi connectivity index (χ2n) is 4.11. The van der Waals surface area contributed by atoms with Gasteiger partial charge in [-0.1, -0.05) is 23.2 Å². The van der Waals surface area contributed by atoms with Crippen molar-refractivity contribution in [2.45, 2.75) is 0 Å². The lowest BCUT2D eigenvalue weighted by atomic mass is 10.3. The van der Waals surface area contributed by atoms with Gasteiger partial charge < -0.3 is 15.0 Å². The number of nitrogens with zero attached hydrogens (tertiary/aromatic N) is 1. The maximum absolute atomic E-state index is 11.9. The Balaban J connectivity index is 1.88. The van der Waals surface area contributed by atoms with Crippen molar-refractivity contribution in [1.82, 2.24) is 4.90 Å². The molecule has 2 N–H and O–H groups in total. The highest BCUT2D eigenvalue weighted by molar-refractivity contribution is 6.35. The Bertz CT molecular complexity index is 434. The summed E-state index contributed by atoms with van der Waals surface area (Å²) in [4.78, 5) is 13.7. The fourth-order valence-corrected chi connectivity index (χ4v) is 2.29. The Morgan fingerprint density at radius 2 is 2.06 bits per heavy atom. The number of hydrogen-bond donors (Lipinski definition) is 1. The Kier molecular flexibility index (Phi) is 4.69. The van der Waals surface area contributed by atoms with E-state index >= 15 is 0 Å². The first-order valence-electron chi connectivity index (χ1n) is 5.84. The van der Waals surface area contributed by atoms with Crippen molar-refractivity contribution >= 4 is 29.1 Å². The molecule has 0 bridgehead atoms. The lowest BCUT2D eigenvalue weighted by Crippen LogP contribution is -2.90. The van der Waals surface area contributed by atoms with E-state index in [4.69, 9.17) is 27.9 Å². The van der Waals surface area contributed by atoms with E-state index in [1.165, 1.54) is 0 Å². The van der Waals surface area contributed by atoms with Gasteiger partial charge in [-0.05, 0) is 18.2 Å².